The van der Waals surface area contributed by atoms with E-state index in [0.717, 1.165) is 18.5 Å². The first-order valence-electron chi connectivity index (χ1n) is 14.8. The lowest BCUT2D eigenvalue weighted by Crippen LogP contribution is -2.36. The van der Waals surface area contributed by atoms with Crippen molar-refractivity contribution < 1.29 is 23.6 Å². The first-order chi connectivity index (χ1) is 19.4. The Kier molecular flexibility index (Phi) is 15.3. The number of dihydropyridines is 1. The highest BCUT2D eigenvalue weighted by atomic mass is 16.5. The number of esters is 2. The van der Waals surface area contributed by atoms with E-state index in [1.807, 2.05) is 24.5 Å². The average Bonchev–Trinajstić information content (AvgIpc) is 2.95. The quantitative estimate of drug-likeness (QED) is 0.102. The lowest BCUT2D eigenvalue weighted by Gasteiger charge is -2.29. The molecular formula is C34H47N2O4+. The van der Waals surface area contributed by atoms with Crippen LogP contribution in [0.15, 0.2) is 47.1 Å². The third kappa shape index (κ3) is 10.6. The number of hydrogen-bond donors (Lipinski definition) is 1. The number of terminal acetylenes is 2. The maximum absolute atomic E-state index is 13.1. The van der Waals surface area contributed by atoms with Gasteiger partial charge in [-0.1, -0.05) is 83.0 Å². The van der Waals surface area contributed by atoms with Crippen molar-refractivity contribution in [2.45, 2.75) is 110 Å². The first kappa shape index (κ1) is 32.7. The lowest BCUT2D eigenvalue weighted by atomic mass is 9.81. The van der Waals surface area contributed by atoms with E-state index in [0.29, 0.717) is 22.5 Å². The van der Waals surface area contributed by atoms with E-state index in [2.05, 4.69) is 28.6 Å². The summed E-state index contributed by atoms with van der Waals surface area (Å²) in [6.45, 7) is 6.38. The minimum absolute atomic E-state index is 0.157. The van der Waals surface area contributed by atoms with Gasteiger partial charge < -0.3 is 14.8 Å². The smallest absolute Gasteiger partial charge is 0.337 e. The van der Waals surface area contributed by atoms with Gasteiger partial charge in [-0.15, -0.1) is 12.8 Å². The fraction of sp³-hybridized carbons (Fsp3) is 0.559. The number of carbonyl (C=O) groups excluding carboxylic acids is 2. The Morgan fingerprint density at radius 2 is 1.30 bits per heavy atom. The van der Waals surface area contributed by atoms with E-state index < -0.39 is 17.9 Å². The van der Waals surface area contributed by atoms with Crippen molar-refractivity contribution in [3.05, 3.63) is 52.6 Å². The monoisotopic (exact) mass is 547 g/mol. The van der Waals surface area contributed by atoms with E-state index in [1.54, 1.807) is 13.8 Å². The SMILES string of the molecule is C#CCOC(=O)C1=C(C)NC(C)=C(C(=O)OCC#C)C1c1ccc[n+](CCCCCCCCCCCCCC)c1. The summed E-state index contributed by atoms with van der Waals surface area (Å²) in [7, 11) is 0. The van der Waals surface area contributed by atoms with E-state index in [9.17, 15) is 9.59 Å². The molecule has 1 aromatic rings. The van der Waals surface area contributed by atoms with Crippen LogP contribution in [0.2, 0.25) is 0 Å². The number of hydrogen-bond acceptors (Lipinski definition) is 5. The van der Waals surface area contributed by atoms with Crippen LogP contribution in [-0.4, -0.2) is 25.2 Å². The number of nitrogens with one attached hydrogen (secondary N) is 1. The summed E-state index contributed by atoms with van der Waals surface area (Å²) >= 11 is 0. The molecule has 216 valence electrons. The van der Waals surface area contributed by atoms with Crippen LogP contribution in [-0.2, 0) is 25.6 Å². The Balaban J connectivity index is 2.05. The van der Waals surface area contributed by atoms with Gasteiger partial charge >= 0.3 is 11.9 Å². The summed E-state index contributed by atoms with van der Waals surface area (Å²) in [4.78, 5) is 26.2. The molecular weight excluding hydrogens is 500 g/mol. The van der Waals surface area contributed by atoms with Crippen molar-refractivity contribution in [3.8, 4) is 24.7 Å². The van der Waals surface area contributed by atoms with Gasteiger partial charge in [-0.25, -0.2) is 14.2 Å². The van der Waals surface area contributed by atoms with Crippen LogP contribution in [0.5, 0.6) is 0 Å². The predicted molar refractivity (Wildman–Crippen MR) is 159 cm³/mol. The maximum Gasteiger partial charge on any atom is 0.337 e. The van der Waals surface area contributed by atoms with Crippen LogP contribution in [0.1, 0.15) is 109 Å². The summed E-state index contributed by atoms with van der Waals surface area (Å²) in [5, 5.41) is 3.13. The highest BCUT2D eigenvalue weighted by molar-refractivity contribution is 5.99. The van der Waals surface area contributed by atoms with Gasteiger partial charge in [0.2, 0.25) is 0 Å². The largest absolute Gasteiger partial charge is 0.449 e. The Hall–Kier alpha value is -3.51. The van der Waals surface area contributed by atoms with Gasteiger partial charge in [0.25, 0.3) is 0 Å². The van der Waals surface area contributed by atoms with Crippen molar-refractivity contribution in [1.82, 2.24) is 5.32 Å². The van der Waals surface area contributed by atoms with Crippen LogP contribution < -0.4 is 9.88 Å². The summed E-state index contributed by atoms with van der Waals surface area (Å²) in [5.74, 6) is 2.84. The lowest BCUT2D eigenvalue weighted by molar-refractivity contribution is -0.697. The van der Waals surface area contributed by atoms with Crippen molar-refractivity contribution >= 4 is 11.9 Å². The number of unbranched alkanes of at least 4 members (excludes halogenated alkanes) is 11. The molecule has 2 rings (SSSR count). The molecule has 1 aliphatic rings. The summed E-state index contributed by atoms with van der Waals surface area (Å²) in [6, 6.07) is 3.86. The Bertz CT molecular complexity index is 1070. The second kappa shape index (κ2) is 18.7. The molecule has 0 aromatic carbocycles. The molecule has 0 spiro atoms. The zero-order valence-electron chi connectivity index (χ0n) is 24.7. The highest BCUT2D eigenvalue weighted by Gasteiger charge is 2.39. The van der Waals surface area contributed by atoms with E-state index in [-0.39, 0.29) is 13.2 Å². The molecule has 0 fully saturated rings. The van der Waals surface area contributed by atoms with Gasteiger partial charge in [-0.05, 0) is 26.3 Å². The standard InChI is InChI=1S/C34H46N2O4/c1-6-9-10-11-12-13-14-15-16-17-18-19-22-36-23-20-21-29(26-36)32-30(33(37)39-24-7-2)27(4)35-28(5)31(32)34(38)40-25-8-3/h2-3,20-21,23,26,32H,6,9-19,22,24-25H2,1,4-5H3/p+1. The number of carbonyl (C=O) groups is 2. The third-order valence-corrected chi connectivity index (χ3v) is 7.26. The van der Waals surface area contributed by atoms with Gasteiger partial charge in [0, 0.05) is 29.4 Å². The minimum Gasteiger partial charge on any atom is -0.449 e. The summed E-state index contributed by atoms with van der Waals surface area (Å²) in [5.41, 5.74) is 2.67. The van der Waals surface area contributed by atoms with Gasteiger partial charge in [0.05, 0.1) is 17.1 Å². The first-order valence-corrected chi connectivity index (χ1v) is 14.8. The Labute approximate surface area is 241 Å². The Morgan fingerprint density at radius 1 is 0.825 bits per heavy atom. The molecule has 0 aliphatic carbocycles. The molecule has 6 nitrogen and oxygen atoms in total. The topological polar surface area (TPSA) is 68.5 Å². The molecule has 1 N–H and O–H groups in total. The predicted octanol–water partition coefficient (Wildman–Crippen LogP) is 6.26. The molecule has 0 amide bonds. The number of allylic oxidation sites excluding steroid dienone is 2. The normalized spacial score (nSPS) is 13.4. The molecule has 0 saturated carbocycles. The maximum atomic E-state index is 13.1. The van der Waals surface area contributed by atoms with E-state index in [1.165, 1.54) is 70.6 Å². The van der Waals surface area contributed by atoms with Crippen LogP contribution in [0.25, 0.3) is 0 Å². The zero-order valence-corrected chi connectivity index (χ0v) is 24.7. The second-order valence-electron chi connectivity index (χ2n) is 10.5. The minimum atomic E-state index is -0.675. The molecule has 1 aromatic heterocycles. The molecule has 6 heteroatoms. The van der Waals surface area contributed by atoms with Crippen molar-refractivity contribution in [3.63, 3.8) is 0 Å². The highest BCUT2D eigenvalue weighted by Crippen LogP contribution is 2.38. The fourth-order valence-corrected chi connectivity index (χ4v) is 5.23. The van der Waals surface area contributed by atoms with Gasteiger partial charge in [0.1, 0.15) is 6.54 Å². The molecule has 0 bridgehead atoms. The zero-order chi connectivity index (χ0) is 29.2. The number of nitrogens with zero attached hydrogens (tertiary/aromatic N) is 1. The van der Waals surface area contributed by atoms with E-state index >= 15 is 0 Å². The van der Waals surface area contributed by atoms with Crippen molar-refractivity contribution in [2.75, 3.05) is 13.2 Å². The number of pyridine rings is 1. The number of aromatic nitrogens is 1. The van der Waals surface area contributed by atoms with Crippen LogP contribution in [0.3, 0.4) is 0 Å². The third-order valence-electron chi connectivity index (χ3n) is 7.26. The molecule has 0 radical (unpaired) electrons. The molecule has 0 saturated heterocycles. The van der Waals surface area contributed by atoms with E-state index in [4.69, 9.17) is 22.3 Å². The van der Waals surface area contributed by atoms with Gasteiger partial charge in [0.15, 0.2) is 25.6 Å². The fourth-order valence-electron chi connectivity index (χ4n) is 5.23. The Morgan fingerprint density at radius 3 is 1.77 bits per heavy atom. The number of aryl methyl sites for hydroxylation is 1. The average molecular weight is 548 g/mol. The molecule has 2 heterocycles. The molecule has 1 aliphatic heterocycles. The van der Waals surface area contributed by atoms with Crippen LogP contribution in [0, 0.1) is 24.7 Å². The summed E-state index contributed by atoms with van der Waals surface area (Å²) < 4.78 is 12.7. The molecule has 0 atom stereocenters. The number of ether oxygens (including phenoxy) is 2. The molecule has 40 heavy (non-hydrogen) atoms. The number of rotatable bonds is 18. The van der Waals surface area contributed by atoms with Crippen molar-refractivity contribution in [2.24, 2.45) is 0 Å². The van der Waals surface area contributed by atoms with Crippen molar-refractivity contribution in [1.29, 1.82) is 0 Å². The van der Waals surface area contributed by atoms with Gasteiger partial charge in [-0.3, -0.25) is 0 Å². The van der Waals surface area contributed by atoms with Crippen LogP contribution >= 0.6 is 0 Å². The van der Waals surface area contributed by atoms with Gasteiger partial charge in [-0.2, -0.15) is 0 Å². The second-order valence-corrected chi connectivity index (χ2v) is 10.5. The molecule has 0 unspecified atom stereocenters. The van der Waals surface area contributed by atoms with Crippen LogP contribution in [0.4, 0.5) is 0 Å². The summed E-state index contributed by atoms with van der Waals surface area (Å²) in [6.07, 6.45) is 30.2.